The van der Waals surface area contributed by atoms with Crippen molar-refractivity contribution in [3.8, 4) is 5.75 Å². The highest BCUT2D eigenvalue weighted by molar-refractivity contribution is 7.22. The van der Waals surface area contributed by atoms with Crippen molar-refractivity contribution >= 4 is 44.2 Å². The van der Waals surface area contributed by atoms with E-state index in [1.165, 1.54) is 23.5 Å². The molecule has 2 heterocycles. The Balaban J connectivity index is 1.66. The van der Waals surface area contributed by atoms with Gasteiger partial charge in [0.05, 0.1) is 41.1 Å². The molecule has 0 radical (unpaired) electrons. The van der Waals surface area contributed by atoms with Gasteiger partial charge >= 0.3 is 0 Å². The molecule has 1 aromatic heterocycles. The first kappa shape index (κ1) is 21.0. The third-order valence-corrected chi connectivity index (χ3v) is 6.34. The molecule has 9 heteroatoms. The predicted molar refractivity (Wildman–Crippen MR) is 117 cm³/mol. The number of thiazole rings is 1. The van der Waals surface area contributed by atoms with Crippen LogP contribution in [0.1, 0.15) is 10.4 Å². The Morgan fingerprint density at radius 1 is 1.30 bits per heavy atom. The normalized spacial score (nSPS) is 14.8. The lowest BCUT2D eigenvalue weighted by atomic mass is 10.2. The number of aromatic nitrogens is 1. The molecule has 1 saturated heterocycles. The first-order valence-corrected chi connectivity index (χ1v) is 10.8. The van der Waals surface area contributed by atoms with Gasteiger partial charge in [0.15, 0.2) is 5.13 Å². The summed E-state index contributed by atoms with van der Waals surface area (Å²) in [6.45, 7) is 4.10. The van der Waals surface area contributed by atoms with E-state index in [9.17, 15) is 9.18 Å². The topological polar surface area (TPSA) is 54.9 Å². The van der Waals surface area contributed by atoms with Crippen LogP contribution in [0.4, 0.5) is 9.52 Å². The molecule has 30 heavy (non-hydrogen) atoms. The summed E-state index contributed by atoms with van der Waals surface area (Å²) in [6, 6.07) is 9.43. The Labute approximate surface area is 182 Å². The van der Waals surface area contributed by atoms with Crippen LogP contribution in [0.5, 0.6) is 5.75 Å². The number of morpholine rings is 1. The second-order valence-corrected chi connectivity index (χ2v) is 8.28. The Kier molecular flexibility index (Phi) is 6.48. The maximum atomic E-state index is 13.5. The average molecular weight is 450 g/mol. The standard InChI is InChI=1S/C21H21ClFN3O3S/c1-28-15-3-5-19-18(13-15)24-21(30-19)26(7-6-25-8-10-29-11-9-25)20(27)16-4-2-14(23)12-17(16)22/h2-5,12-13H,6-11H2,1H3. The molecular weight excluding hydrogens is 429 g/mol. The van der Waals surface area contributed by atoms with Crippen molar-refractivity contribution in [3.63, 3.8) is 0 Å². The number of anilines is 1. The molecule has 2 aromatic carbocycles. The van der Waals surface area contributed by atoms with Crippen LogP contribution in [0.2, 0.25) is 5.02 Å². The van der Waals surface area contributed by atoms with Gasteiger partial charge in [-0.25, -0.2) is 9.37 Å². The van der Waals surface area contributed by atoms with E-state index in [1.807, 2.05) is 18.2 Å². The van der Waals surface area contributed by atoms with Gasteiger partial charge in [0.2, 0.25) is 0 Å². The lowest BCUT2D eigenvalue weighted by Gasteiger charge is -2.29. The van der Waals surface area contributed by atoms with Crippen molar-refractivity contribution in [2.75, 3.05) is 51.4 Å². The van der Waals surface area contributed by atoms with Gasteiger partial charge in [0, 0.05) is 32.2 Å². The summed E-state index contributed by atoms with van der Waals surface area (Å²) in [4.78, 5) is 21.9. The van der Waals surface area contributed by atoms with Gasteiger partial charge in [0.1, 0.15) is 11.6 Å². The molecule has 3 aromatic rings. The van der Waals surface area contributed by atoms with Gasteiger partial charge in [0.25, 0.3) is 5.91 Å². The maximum Gasteiger partial charge on any atom is 0.261 e. The van der Waals surface area contributed by atoms with Crippen LogP contribution < -0.4 is 9.64 Å². The minimum Gasteiger partial charge on any atom is -0.497 e. The molecule has 0 spiro atoms. The first-order chi connectivity index (χ1) is 14.5. The smallest absolute Gasteiger partial charge is 0.261 e. The number of hydrogen-bond acceptors (Lipinski definition) is 6. The van der Waals surface area contributed by atoms with Crippen LogP contribution in [0.25, 0.3) is 10.2 Å². The third-order valence-electron chi connectivity index (χ3n) is 4.96. The van der Waals surface area contributed by atoms with Crippen LogP contribution in [-0.4, -0.2) is 62.3 Å². The van der Waals surface area contributed by atoms with E-state index in [-0.39, 0.29) is 16.5 Å². The van der Waals surface area contributed by atoms with Crippen molar-refractivity contribution < 1.29 is 18.7 Å². The molecule has 1 aliphatic rings. The number of methoxy groups -OCH3 is 1. The van der Waals surface area contributed by atoms with Crippen LogP contribution in [0.3, 0.4) is 0 Å². The van der Waals surface area contributed by atoms with E-state index >= 15 is 0 Å². The maximum absolute atomic E-state index is 13.5. The summed E-state index contributed by atoms with van der Waals surface area (Å²) < 4.78 is 25.1. The van der Waals surface area contributed by atoms with Crippen molar-refractivity contribution in [3.05, 3.63) is 52.8 Å². The van der Waals surface area contributed by atoms with E-state index in [1.54, 1.807) is 12.0 Å². The molecule has 158 valence electrons. The van der Waals surface area contributed by atoms with Gasteiger partial charge in [-0.05, 0) is 30.3 Å². The molecule has 1 amide bonds. The number of ether oxygens (including phenoxy) is 2. The van der Waals surface area contributed by atoms with Gasteiger partial charge in [-0.15, -0.1) is 0 Å². The monoisotopic (exact) mass is 449 g/mol. The summed E-state index contributed by atoms with van der Waals surface area (Å²) in [6.07, 6.45) is 0. The minimum absolute atomic E-state index is 0.0825. The van der Waals surface area contributed by atoms with Gasteiger partial charge < -0.3 is 9.47 Å². The zero-order valence-corrected chi connectivity index (χ0v) is 18.0. The van der Waals surface area contributed by atoms with Crippen LogP contribution in [0, 0.1) is 5.82 Å². The third kappa shape index (κ3) is 4.57. The molecule has 0 atom stereocenters. The minimum atomic E-state index is -0.483. The fraction of sp³-hybridized carbons (Fsp3) is 0.333. The Hall–Kier alpha value is -2.26. The predicted octanol–water partition coefficient (Wildman–Crippen LogP) is 4.08. The number of benzene rings is 2. The Bertz CT molecular complexity index is 1060. The van der Waals surface area contributed by atoms with Crippen molar-refractivity contribution in [1.82, 2.24) is 9.88 Å². The van der Waals surface area contributed by atoms with Crippen LogP contribution in [0.15, 0.2) is 36.4 Å². The quantitative estimate of drug-likeness (QED) is 0.567. The van der Waals surface area contributed by atoms with E-state index in [2.05, 4.69) is 9.88 Å². The van der Waals surface area contributed by atoms with Gasteiger partial charge in [-0.3, -0.25) is 14.6 Å². The molecular formula is C21H21ClFN3O3S. The summed E-state index contributed by atoms with van der Waals surface area (Å²) in [7, 11) is 1.60. The number of hydrogen-bond donors (Lipinski definition) is 0. The molecule has 0 aliphatic carbocycles. The summed E-state index contributed by atoms with van der Waals surface area (Å²) in [5.74, 6) is -0.0881. The van der Waals surface area contributed by atoms with E-state index < -0.39 is 5.82 Å². The molecule has 6 nitrogen and oxygen atoms in total. The fourth-order valence-electron chi connectivity index (χ4n) is 3.30. The number of rotatable bonds is 6. The Morgan fingerprint density at radius 3 is 2.83 bits per heavy atom. The molecule has 1 aliphatic heterocycles. The molecule has 0 unspecified atom stereocenters. The molecule has 0 bridgehead atoms. The molecule has 4 rings (SSSR count). The molecule has 0 N–H and O–H groups in total. The van der Waals surface area contributed by atoms with Crippen molar-refractivity contribution in [1.29, 1.82) is 0 Å². The number of nitrogens with zero attached hydrogens (tertiary/aromatic N) is 3. The number of carbonyl (C=O) groups excluding carboxylic acids is 1. The highest BCUT2D eigenvalue weighted by Crippen LogP contribution is 2.32. The van der Waals surface area contributed by atoms with E-state index in [0.29, 0.717) is 37.2 Å². The largest absolute Gasteiger partial charge is 0.497 e. The molecule has 0 saturated carbocycles. The second kappa shape index (κ2) is 9.26. The lowest BCUT2D eigenvalue weighted by molar-refractivity contribution is 0.0391. The average Bonchev–Trinajstić information content (AvgIpc) is 3.17. The number of halogens is 2. The fourth-order valence-corrected chi connectivity index (χ4v) is 4.51. The SMILES string of the molecule is COc1ccc2sc(N(CCN3CCOCC3)C(=O)c3ccc(F)cc3Cl)nc2c1. The van der Waals surface area contributed by atoms with Crippen molar-refractivity contribution in [2.45, 2.75) is 0 Å². The zero-order valence-electron chi connectivity index (χ0n) is 16.4. The summed E-state index contributed by atoms with van der Waals surface area (Å²) in [5.41, 5.74) is 1.00. The Morgan fingerprint density at radius 2 is 2.10 bits per heavy atom. The van der Waals surface area contributed by atoms with E-state index in [0.717, 1.165) is 29.4 Å². The highest BCUT2D eigenvalue weighted by atomic mass is 35.5. The number of carbonyl (C=O) groups is 1. The van der Waals surface area contributed by atoms with Gasteiger partial charge in [-0.1, -0.05) is 22.9 Å². The zero-order chi connectivity index (χ0) is 21.1. The van der Waals surface area contributed by atoms with Crippen molar-refractivity contribution in [2.24, 2.45) is 0 Å². The van der Waals surface area contributed by atoms with Crippen LogP contribution >= 0.6 is 22.9 Å². The second-order valence-electron chi connectivity index (χ2n) is 6.87. The summed E-state index contributed by atoms with van der Waals surface area (Å²) >= 11 is 7.60. The molecule has 1 fully saturated rings. The summed E-state index contributed by atoms with van der Waals surface area (Å²) in [5, 5.41) is 0.649. The number of fused-ring (bicyclic) bond motifs is 1. The first-order valence-electron chi connectivity index (χ1n) is 9.57. The van der Waals surface area contributed by atoms with E-state index in [4.69, 9.17) is 21.1 Å². The van der Waals surface area contributed by atoms with Crippen LogP contribution in [-0.2, 0) is 4.74 Å². The van der Waals surface area contributed by atoms with Gasteiger partial charge in [-0.2, -0.15) is 0 Å². The number of amides is 1. The highest BCUT2D eigenvalue weighted by Gasteiger charge is 2.24. The lowest BCUT2D eigenvalue weighted by Crippen LogP contribution is -2.43.